The minimum Gasteiger partial charge on any atom is -0.486 e. The highest BCUT2D eigenvalue weighted by molar-refractivity contribution is 6.30. The monoisotopic (exact) mass is 285 g/mol. The molecule has 20 heavy (non-hydrogen) atoms. The largest absolute Gasteiger partial charge is 0.486 e. The fraction of sp³-hybridized carbons (Fsp3) is 0.0667. The van der Waals surface area contributed by atoms with Crippen molar-refractivity contribution < 1.29 is 4.74 Å². The van der Waals surface area contributed by atoms with Crippen LogP contribution in [0.1, 0.15) is 5.82 Å². The molecule has 3 aromatic rings. The maximum absolute atomic E-state index is 5.85. The average molecular weight is 286 g/mol. The maximum atomic E-state index is 5.85. The SMILES string of the molecule is Clc1ccc(-c2n[nH]c(COc3ccccc3)n2)cc1. The third-order valence-corrected chi connectivity index (χ3v) is 3.00. The molecule has 1 heterocycles. The number of H-pyrrole nitrogens is 1. The van der Waals surface area contributed by atoms with Gasteiger partial charge in [-0.25, -0.2) is 4.98 Å². The molecule has 100 valence electrons. The average Bonchev–Trinajstić information content (AvgIpc) is 2.96. The van der Waals surface area contributed by atoms with Crippen LogP contribution in [0.3, 0.4) is 0 Å². The minimum absolute atomic E-state index is 0.352. The van der Waals surface area contributed by atoms with Gasteiger partial charge < -0.3 is 4.74 Å². The van der Waals surface area contributed by atoms with E-state index in [1.165, 1.54) is 0 Å². The summed E-state index contributed by atoms with van der Waals surface area (Å²) in [7, 11) is 0. The van der Waals surface area contributed by atoms with Crippen LogP contribution in [0.5, 0.6) is 5.75 Å². The van der Waals surface area contributed by atoms with Gasteiger partial charge >= 0.3 is 0 Å². The van der Waals surface area contributed by atoms with Crippen molar-refractivity contribution in [3.8, 4) is 17.1 Å². The molecule has 0 fully saturated rings. The molecule has 0 unspecified atom stereocenters. The Labute approximate surface area is 121 Å². The number of aromatic amines is 1. The van der Waals surface area contributed by atoms with Crippen LogP contribution in [-0.2, 0) is 6.61 Å². The van der Waals surface area contributed by atoms with Crippen LogP contribution in [0.25, 0.3) is 11.4 Å². The van der Waals surface area contributed by atoms with E-state index in [0.29, 0.717) is 23.3 Å². The van der Waals surface area contributed by atoms with Crippen LogP contribution in [0, 0.1) is 0 Å². The Morgan fingerprint density at radius 2 is 1.75 bits per heavy atom. The summed E-state index contributed by atoms with van der Waals surface area (Å²) in [5.74, 6) is 2.11. The first-order chi connectivity index (χ1) is 9.81. The third-order valence-electron chi connectivity index (χ3n) is 2.75. The Bertz CT molecular complexity index is 680. The number of para-hydroxylation sites is 1. The van der Waals surface area contributed by atoms with Gasteiger partial charge in [-0.05, 0) is 36.4 Å². The summed E-state index contributed by atoms with van der Waals surface area (Å²) in [6.45, 7) is 0.352. The highest BCUT2D eigenvalue weighted by Crippen LogP contribution is 2.18. The van der Waals surface area contributed by atoms with Gasteiger partial charge in [0.2, 0.25) is 0 Å². The first-order valence-electron chi connectivity index (χ1n) is 6.16. The molecule has 1 N–H and O–H groups in total. The second-order valence-corrected chi connectivity index (χ2v) is 4.65. The van der Waals surface area contributed by atoms with E-state index in [1.54, 1.807) is 0 Å². The van der Waals surface area contributed by atoms with Gasteiger partial charge in [0.25, 0.3) is 0 Å². The Hall–Kier alpha value is -2.33. The lowest BCUT2D eigenvalue weighted by Gasteiger charge is -2.02. The van der Waals surface area contributed by atoms with Crippen molar-refractivity contribution in [1.82, 2.24) is 15.2 Å². The van der Waals surface area contributed by atoms with Crippen LogP contribution < -0.4 is 4.74 Å². The predicted octanol–water partition coefficient (Wildman–Crippen LogP) is 3.70. The van der Waals surface area contributed by atoms with E-state index in [-0.39, 0.29) is 0 Å². The van der Waals surface area contributed by atoms with Gasteiger partial charge in [-0.15, -0.1) is 0 Å². The van der Waals surface area contributed by atoms with Crippen LogP contribution in [0.15, 0.2) is 54.6 Å². The van der Waals surface area contributed by atoms with Gasteiger partial charge in [-0.1, -0.05) is 29.8 Å². The number of nitrogens with zero attached hydrogens (tertiary/aromatic N) is 2. The first-order valence-corrected chi connectivity index (χ1v) is 6.54. The van der Waals surface area contributed by atoms with Crippen molar-refractivity contribution in [2.24, 2.45) is 0 Å². The smallest absolute Gasteiger partial charge is 0.181 e. The molecule has 0 aliphatic rings. The number of nitrogens with one attached hydrogen (secondary N) is 1. The van der Waals surface area contributed by atoms with Crippen LogP contribution in [0.2, 0.25) is 5.02 Å². The molecule has 0 bridgehead atoms. The zero-order valence-corrected chi connectivity index (χ0v) is 11.3. The fourth-order valence-corrected chi connectivity index (χ4v) is 1.88. The second-order valence-electron chi connectivity index (χ2n) is 4.21. The standard InChI is InChI=1S/C15H12ClN3O/c16-12-8-6-11(7-9-12)15-17-14(18-19-15)10-20-13-4-2-1-3-5-13/h1-9H,10H2,(H,17,18,19). The van der Waals surface area contributed by atoms with Gasteiger partial charge in [-0.2, -0.15) is 5.10 Å². The van der Waals surface area contributed by atoms with E-state index in [0.717, 1.165) is 11.3 Å². The third kappa shape index (κ3) is 2.97. The van der Waals surface area contributed by atoms with Crippen LogP contribution in [-0.4, -0.2) is 15.2 Å². The topological polar surface area (TPSA) is 50.8 Å². The van der Waals surface area contributed by atoms with Gasteiger partial charge in [0.05, 0.1) is 0 Å². The highest BCUT2D eigenvalue weighted by atomic mass is 35.5. The molecular formula is C15H12ClN3O. The number of rotatable bonds is 4. The summed E-state index contributed by atoms with van der Waals surface area (Å²) >= 11 is 5.85. The molecule has 0 radical (unpaired) electrons. The number of ether oxygens (including phenoxy) is 1. The zero-order chi connectivity index (χ0) is 13.8. The molecule has 5 heteroatoms. The lowest BCUT2D eigenvalue weighted by molar-refractivity contribution is 0.296. The lowest BCUT2D eigenvalue weighted by atomic mass is 10.2. The molecule has 0 spiro atoms. The number of benzene rings is 2. The van der Waals surface area contributed by atoms with E-state index < -0.39 is 0 Å². The van der Waals surface area contributed by atoms with Crippen LogP contribution >= 0.6 is 11.6 Å². The molecule has 1 aromatic heterocycles. The Kier molecular flexibility index (Phi) is 3.65. The van der Waals surface area contributed by atoms with Crippen molar-refractivity contribution in [1.29, 1.82) is 0 Å². The second kappa shape index (κ2) is 5.75. The summed E-state index contributed by atoms with van der Waals surface area (Å²) in [6, 6.07) is 17.0. The molecule has 3 rings (SSSR count). The van der Waals surface area contributed by atoms with E-state index >= 15 is 0 Å². The van der Waals surface area contributed by atoms with Gasteiger partial charge in [0, 0.05) is 10.6 Å². The Morgan fingerprint density at radius 1 is 1.00 bits per heavy atom. The van der Waals surface area contributed by atoms with Gasteiger partial charge in [0.1, 0.15) is 12.4 Å². The van der Waals surface area contributed by atoms with Crippen molar-refractivity contribution >= 4 is 11.6 Å². The Morgan fingerprint density at radius 3 is 2.50 bits per heavy atom. The van der Waals surface area contributed by atoms with Gasteiger partial charge in [-0.3, -0.25) is 5.10 Å². The highest BCUT2D eigenvalue weighted by Gasteiger charge is 2.06. The summed E-state index contributed by atoms with van der Waals surface area (Å²) in [4.78, 5) is 4.39. The number of hydrogen-bond acceptors (Lipinski definition) is 3. The molecule has 0 amide bonds. The molecule has 0 saturated heterocycles. The summed E-state index contributed by atoms with van der Waals surface area (Å²) in [5, 5.41) is 7.73. The summed E-state index contributed by atoms with van der Waals surface area (Å²) in [6.07, 6.45) is 0. The number of hydrogen-bond donors (Lipinski definition) is 1. The first kappa shape index (κ1) is 12.7. The maximum Gasteiger partial charge on any atom is 0.181 e. The minimum atomic E-state index is 0.352. The fourth-order valence-electron chi connectivity index (χ4n) is 1.76. The lowest BCUT2D eigenvalue weighted by Crippen LogP contribution is -1.97. The van der Waals surface area contributed by atoms with Crippen LogP contribution in [0.4, 0.5) is 0 Å². The summed E-state index contributed by atoms with van der Waals surface area (Å²) in [5.41, 5.74) is 0.914. The molecule has 4 nitrogen and oxygen atoms in total. The molecule has 2 aromatic carbocycles. The Balaban J connectivity index is 1.69. The van der Waals surface area contributed by atoms with E-state index in [1.807, 2.05) is 54.6 Å². The number of halogens is 1. The number of aromatic nitrogens is 3. The molecule has 0 aliphatic heterocycles. The van der Waals surface area contributed by atoms with Crippen molar-refractivity contribution in [2.45, 2.75) is 6.61 Å². The van der Waals surface area contributed by atoms with Crippen molar-refractivity contribution in [2.75, 3.05) is 0 Å². The summed E-state index contributed by atoms with van der Waals surface area (Å²) < 4.78 is 5.61. The molecule has 0 atom stereocenters. The van der Waals surface area contributed by atoms with Crippen molar-refractivity contribution in [3.05, 3.63) is 65.4 Å². The zero-order valence-electron chi connectivity index (χ0n) is 10.6. The predicted molar refractivity (Wildman–Crippen MR) is 77.6 cm³/mol. The quantitative estimate of drug-likeness (QED) is 0.795. The molecule has 0 aliphatic carbocycles. The molecular weight excluding hydrogens is 274 g/mol. The molecule has 0 saturated carbocycles. The van der Waals surface area contributed by atoms with E-state index in [2.05, 4.69) is 15.2 Å². The van der Waals surface area contributed by atoms with Gasteiger partial charge in [0.15, 0.2) is 11.6 Å². The van der Waals surface area contributed by atoms with E-state index in [9.17, 15) is 0 Å². The van der Waals surface area contributed by atoms with Crippen molar-refractivity contribution in [3.63, 3.8) is 0 Å². The van der Waals surface area contributed by atoms with E-state index in [4.69, 9.17) is 16.3 Å². The normalized spacial score (nSPS) is 10.4.